The number of rotatable bonds is 1. The van der Waals surface area contributed by atoms with Gasteiger partial charge in [0.05, 0.1) is 10.9 Å². The van der Waals surface area contributed by atoms with Crippen LogP contribution in [0.25, 0.3) is 10.9 Å². The highest BCUT2D eigenvalue weighted by atomic mass is 19.1. The van der Waals surface area contributed by atoms with Crippen molar-refractivity contribution in [1.82, 2.24) is 10.2 Å². The van der Waals surface area contributed by atoms with Crippen LogP contribution in [0.2, 0.25) is 0 Å². The van der Waals surface area contributed by atoms with E-state index in [1.165, 1.54) is 12.1 Å². The van der Waals surface area contributed by atoms with Gasteiger partial charge in [-0.1, -0.05) is 12.1 Å². The maximum Gasteiger partial charge on any atom is 0.235 e. The molecule has 2 aromatic carbocycles. The highest BCUT2D eigenvalue weighted by Gasteiger charge is 2.65. The van der Waals surface area contributed by atoms with Gasteiger partial charge in [-0.2, -0.15) is 5.10 Å². The molecule has 2 unspecified atom stereocenters. The van der Waals surface area contributed by atoms with Gasteiger partial charge in [0, 0.05) is 22.7 Å². The Morgan fingerprint density at radius 1 is 1.26 bits per heavy atom. The third-order valence-electron chi connectivity index (χ3n) is 5.25. The van der Waals surface area contributed by atoms with E-state index >= 15 is 0 Å². The van der Waals surface area contributed by atoms with Crippen molar-refractivity contribution in [1.29, 1.82) is 0 Å². The molecule has 5 rings (SSSR count). The molecule has 114 valence electrons. The Labute approximate surface area is 131 Å². The maximum atomic E-state index is 13.6. The molecule has 1 saturated carbocycles. The molecule has 3 aromatic rings. The van der Waals surface area contributed by atoms with Gasteiger partial charge in [0.15, 0.2) is 0 Å². The van der Waals surface area contributed by atoms with Crippen LogP contribution in [0.4, 0.5) is 10.1 Å². The summed E-state index contributed by atoms with van der Waals surface area (Å²) in [7, 11) is 0. The van der Waals surface area contributed by atoms with E-state index < -0.39 is 5.41 Å². The Balaban J connectivity index is 1.62. The number of fused-ring (bicyclic) bond motifs is 3. The van der Waals surface area contributed by atoms with Crippen LogP contribution in [-0.4, -0.2) is 16.1 Å². The number of aryl methyl sites for hydroxylation is 1. The molecule has 2 N–H and O–H groups in total. The number of nitrogens with one attached hydrogen (secondary N) is 2. The zero-order chi connectivity index (χ0) is 15.8. The zero-order valence-corrected chi connectivity index (χ0v) is 12.5. The summed E-state index contributed by atoms with van der Waals surface area (Å²) in [5, 5.41) is 11.3. The van der Waals surface area contributed by atoms with Crippen LogP contribution < -0.4 is 5.32 Å². The molecule has 1 aliphatic carbocycles. The summed E-state index contributed by atoms with van der Waals surface area (Å²) in [4.78, 5) is 12.5. The molecule has 0 radical (unpaired) electrons. The van der Waals surface area contributed by atoms with E-state index in [-0.39, 0.29) is 17.6 Å². The number of halogens is 1. The first kappa shape index (κ1) is 12.8. The van der Waals surface area contributed by atoms with E-state index in [4.69, 9.17) is 0 Å². The summed E-state index contributed by atoms with van der Waals surface area (Å²) in [6.45, 7) is 1.98. The SMILES string of the molecule is Cc1[nH]nc2cc(C3CC34C(=O)Nc3ccc(F)cc34)ccc12. The van der Waals surface area contributed by atoms with Gasteiger partial charge >= 0.3 is 0 Å². The van der Waals surface area contributed by atoms with E-state index in [1.807, 2.05) is 19.1 Å². The molecule has 0 bridgehead atoms. The lowest BCUT2D eigenvalue weighted by atomic mass is 9.91. The number of anilines is 1. The second-order valence-electron chi connectivity index (χ2n) is 6.50. The van der Waals surface area contributed by atoms with Crippen LogP contribution in [0.3, 0.4) is 0 Å². The summed E-state index contributed by atoms with van der Waals surface area (Å²) in [5.41, 5.74) is 3.91. The Morgan fingerprint density at radius 3 is 3.00 bits per heavy atom. The van der Waals surface area contributed by atoms with Crippen LogP contribution in [-0.2, 0) is 10.2 Å². The van der Waals surface area contributed by atoms with Crippen molar-refractivity contribution in [2.75, 3.05) is 5.32 Å². The van der Waals surface area contributed by atoms with Crippen LogP contribution in [0.5, 0.6) is 0 Å². The standard InChI is InChI=1S/C18H14FN3O/c1-9-12-4-2-10(6-16(12)22-21-9)14-8-18(14)13-7-11(19)3-5-15(13)20-17(18)23/h2-7,14H,8H2,1H3,(H,20,23)(H,21,22). The average Bonchev–Trinajstić information content (AvgIpc) is 3.12. The summed E-state index contributed by atoms with van der Waals surface area (Å²) in [6, 6.07) is 10.6. The van der Waals surface area contributed by atoms with Crippen LogP contribution in [0.15, 0.2) is 36.4 Å². The normalized spacial score (nSPS) is 25.0. The van der Waals surface area contributed by atoms with Crippen LogP contribution >= 0.6 is 0 Å². The smallest absolute Gasteiger partial charge is 0.235 e. The lowest BCUT2D eigenvalue weighted by Gasteiger charge is -2.09. The number of aromatic amines is 1. The van der Waals surface area contributed by atoms with Crippen molar-refractivity contribution in [2.45, 2.75) is 24.7 Å². The van der Waals surface area contributed by atoms with Crippen molar-refractivity contribution in [3.63, 3.8) is 0 Å². The second-order valence-corrected chi connectivity index (χ2v) is 6.50. The molecule has 1 spiro atoms. The molecule has 1 fully saturated rings. The third kappa shape index (κ3) is 1.54. The molecule has 1 aliphatic heterocycles. The molecular weight excluding hydrogens is 293 g/mol. The van der Waals surface area contributed by atoms with Gasteiger partial charge in [0.2, 0.25) is 5.91 Å². The number of amides is 1. The highest BCUT2D eigenvalue weighted by molar-refractivity contribution is 6.09. The monoisotopic (exact) mass is 307 g/mol. The first-order valence-corrected chi connectivity index (χ1v) is 7.66. The Kier molecular flexibility index (Phi) is 2.22. The number of hydrogen-bond donors (Lipinski definition) is 2. The minimum absolute atomic E-state index is 0.0265. The third-order valence-corrected chi connectivity index (χ3v) is 5.25. The molecule has 1 amide bonds. The summed E-state index contributed by atoms with van der Waals surface area (Å²) in [5.74, 6) is -0.253. The van der Waals surface area contributed by atoms with E-state index in [2.05, 4.69) is 21.6 Å². The molecule has 23 heavy (non-hydrogen) atoms. The number of hydrogen-bond acceptors (Lipinski definition) is 2. The number of nitrogens with zero attached hydrogens (tertiary/aromatic N) is 1. The molecular formula is C18H14FN3O. The number of carbonyl (C=O) groups is 1. The lowest BCUT2D eigenvalue weighted by Crippen LogP contribution is -2.21. The zero-order valence-electron chi connectivity index (χ0n) is 12.5. The molecule has 4 nitrogen and oxygen atoms in total. The largest absolute Gasteiger partial charge is 0.325 e. The highest BCUT2D eigenvalue weighted by Crippen LogP contribution is 2.65. The predicted octanol–water partition coefficient (Wildman–Crippen LogP) is 3.39. The quantitative estimate of drug-likeness (QED) is 0.724. The topological polar surface area (TPSA) is 57.8 Å². The number of aromatic nitrogens is 2. The molecule has 5 heteroatoms. The summed E-state index contributed by atoms with van der Waals surface area (Å²) in [6.07, 6.45) is 0.712. The van der Waals surface area contributed by atoms with Gasteiger partial charge in [-0.3, -0.25) is 9.89 Å². The van der Waals surface area contributed by atoms with Crippen molar-refractivity contribution in [3.8, 4) is 0 Å². The first-order chi connectivity index (χ1) is 11.1. The number of carbonyl (C=O) groups excluding carboxylic acids is 1. The van der Waals surface area contributed by atoms with Gasteiger partial charge in [-0.15, -0.1) is 0 Å². The predicted molar refractivity (Wildman–Crippen MR) is 84.9 cm³/mol. The lowest BCUT2D eigenvalue weighted by molar-refractivity contribution is -0.118. The van der Waals surface area contributed by atoms with Crippen molar-refractivity contribution in [3.05, 3.63) is 59.0 Å². The minimum Gasteiger partial charge on any atom is -0.325 e. The molecule has 0 saturated heterocycles. The Hall–Kier alpha value is -2.69. The van der Waals surface area contributed by atoms with E-state index in [9.17, 15) is 9.18 Å². The Bertz CT molecular complexity index is 993. The Morgan fingerprint density at radius 2 is 2.13 bits per heavy atom. The fourth-order valence-electron chi connectivity index (χ4n) is 3.94. The molecule has 2 atom stereocenters. The van der Waals surface area contributed by atoms with Gasteiger partial charge in [0.1, 0.15) is 5.82 Å². The first-order valence-electron chi connectivity index (χ1n) is 7.66. The molecule has 1 aromatic heterocycles. The fraction of sp³-hybridized carbons (Fsp3) is 0.222. The van der Waals surface area contributed by atoms with E-state index in [0.29, 0.717) is 6.42 Å². The van der Waals surface area contributed by atoms with Gasteiger partial charge in [-0.05, 0) is 48.7 Å². The van der Waals surface area contributed by atoms with Crippen molar-refractivity contribution >= 4 is 22.5 Å². The second kappa shape index (κ2) is 3.98. The van der Waals surface area contributed by atoms with E-state index in [0.717, 1.165) is 33.4 Å². The molecule has 2 heterocycles. The maximum absolute atomic E-state index is 13.6. The number of benzene rings is 2. The fourth-order valence-corrected chi connectivity index (χ4v) is 3.94. The van der Waals surface area contributed by atoms with Crippen molar-refractivity contribution in [2.24, 2.45) is 0 Å². The molecule has 2 aliphatic rings. The minimum atomic E-state index is -0.615. The van der Waals surface area contributed by atoms with E-state index in [1.54, 1.807) is 6.07 Å². The van der Waals surface area contributed by atoms with Crippen molar-refractivity contribution < 1.29 is 9.18 Å². The van der Waals surface area contributed by atoms with Crippen LogP contribution in [0, 0.1) is 12.7 Å². The average molecular weight is 307 g/mol. The van der Waals surface area contributed by atoms with Gasteiger partial charge < -0.3 is 5.32 Å². The van der Waals surface area contributed by atoms with Gasteiger partial charge in [-0.25, -0.2) is 4.39 Å². The number of H-pyrrole nitrogens is 1. The summed E-state index contributed by atoms with van der Waals surface area (Å²) < 4.78 is 13.6. The van der Waals surface area contributed by atoms with Gasteiger partial charge in [0.25, 0.3) is 0 Å². The van der Waals surface area contributed by atoms with Crippen LogP contribution in [0.1, 0.15) is 29.2 Å². The summed E-state index contributed by atoms with van der Waals surface area (Å²) >= 11 is 0.